The normalized spacial score (nSPS) is 17.1. The number of ether oxygens (including phenoxy) is 1. The fourth-order valence-corrected chi connectivity index (χ4v) is 2.91. The van der Waals surface area contributed by atoms with Gasteiger partial charge in [0.1, 0.15) is 12.2 Å². The molecular weight excluding hydrogens is 270 g/mol. The van der Waals surface area contributed by atoms with E-state index in [0.29, 0.717) is 16.3 Å². The first-order chi connectivity index (χ1) is 9.79. The molecule has 0 saturated carbocycles. The van der Waals surface area contributed by atoms with E-state index in [2.05, 4.69) is 24.3 Å². The number of rotatable bonds is 2. The van der Waals surface area contributed by atoms with Crippen molar-refractivity contribution >= 4 is 11.6 Å². The summed E-state index contributed by atoms with van der Waals surface area (Å²) >= 11 is 6.18. The number of hydrogen-bond acceptors (Lipinski definition) is 2. The van der Waals surface area contributed by atoms with Crippen LogP contribution in [0.5, 0.6) is 5.75 Å². The Kier molecular flexibility index (Phi) is 3.62. The Hall–Kier alpha value is -1.98. The van der Waals surface area contributed by atoms with Gasteiger partial charge in [-0.2, -0.15) is 5.26 Å². The molecule has 0 saturated heterocycles. The summed E-state index contributed by atoms with van der Waals surface area (Å²) in [7, 11) is 0. The standard InChI is InChI=1S/C17H14ClNO/c18-15-9-3-7-13(11-19)17(15)20-16-10-4-6-12-5-1-2-8-14(12)16/h1-3,5,7-9,16H,4,6,10H2/t16-/m0/s1. The first kappa shape index (κ1) is 13.0. The van der Waals surface area contributed by atoms with Gasteiger partial charge in [0.05, 0.1) is 10.6 Å². The Morgan fingerprint density at radius 1 is 1.15 bits per heavy atom. The Balaban J connectivity index is 1.96. The van der Waals surface area contributed by atoms with Gasteiger partial charge >= 0.3 is 0 Å². The average Bonchev–Trinajstić information content (AvgIpc) is 2.49. The quantitative estimate of drug-likeness (QED) is 0.802. The number of halogens is 1. The zero-order chi connectivity index (χ0) is 13.9. The van der Waals surface area contributed by atoms with E-state index >= 15 is 0 Å². The summed E-state index contributed by atoms with van der Waals surface area (Å²) < 4.78 is 6.08. The molecule has 0 spiro atoms. The molecule has 0 aromatic heterocycles. The summed E-state index contributed by atoms with van der Waals surface area (Å²) in [6.45, 7) is 0. The van der Waals surface area contributed by atoms with Crippen molar-refractivity contribution in [3.05, 3.63) is 64.2 Å². The van der Waals surface area contributed by atoms with E-state index in [1.54, 1.807) is 18.2 Å². The van der Waals surface area contributed by atoms with Crippen LogP contribution in [0.4, 0.5) is 0 Å². The smallest absolute Gasteiger partial charge is 0.156 e. The van der Waals surface area contributed by atoms with Crippen LogP contribution in [-0.4, -0.2) is 0 Å². The minimum Gasteiger partial charge on any atom is -0.483 e. The van der Waals surface area contributed by atoms with E-state index in [-0.39, 0.29) is 6.10 Å². The highest BCUT2D eigenvalue weighted by molar-refractivity contribution is 6.32. The molecule has 0 amide bonds. The van der Waals surface area contributed by atoms with Crippen LogP contribution in [0.1, 0.15) is 35.6 Å². The summed E-state index contributed by atoms with van der Waals surface area (Å²) in [5, 5.41) is 9.67. The van der Waals surface area contributed by atoms with Crippen molar-refractivity contribution in [2.75, 3.05) is 0 Å². The lowest BCUT2D eigenvalue weighted by Gasteiger charge is -2.27. The van der Waals surface area contributed by atoms with Crippen LogP contribution in [-0.2, 0) is 6.42 Å². The predicted molar refractivity (Wildman–Crippen MR) is 78.9 cm³/mol. The molecule has 3 heteroatoms. The number of aryl methyl sites for hydroxylation is 1. The average molecular weight is 284 g/mol. The lowest BCUT2D eigenvalue weighted by atomic mass is 9.89. The summed E-state index contributed by atoms with van der Waals surface area (Å²) in [4.78, 5) is 0. The maximum absolute atomic E-state index is 9.18. The summed E-state index contributed by atoms with van der Waals surface area (Å²) in [6.07, 6.45) is 3.11. The molecule has 0 unspecified atom stereocenters. The highest BCUT2D eigenvalue weighted by atomic mass is 35.5. The zero-order valence-electron chi connectivity index (χ0n) is 11.0. The highest BCUT2D eigenvalue weighted by Crippen LogP contribution is 2.37. The fraction of sp³-hybridized carbons (Fsp3) is 0.235. The Bertz CT molecular complexity index is 675. The lowest BCUT2D eigenvalue weighted by Crippen LogP contribution is -2.15. The Labute approximate surface area is 123 Å². The maximum Gasteiger partial charge on any atom is 0.156 e. The largest absolute Gasteiger partial charge is 0.483 e. The van der Waals surface area contributed by atoms with Gasteiger partial charge in [-0.05, 0) is 42.5 Å². The zero-order valence-corrected chi connectivity index (χ0v) is 11.7. The van der Waals surface area contributed by atoms with E-state index in [9.17, 15) is 5.26 Å². The number of benzene rings is 2. The lowest BCUT2D eigenvalue weighted by molar-refractivity contribution is 0.183. The van der Waals surface area contributed by atoms with Crippen LogP contribution in [0.25, 0.3) is 0 Å². The second-order valence-corrected chi connectivity index (χ2v) is 5.33. The van der Waals surface area contributed by atoms with Crippen LogP contribution >= 0.6 is 11.6 Å². The van der Waals surface area contributed by atoms with Crippen molar-refractivity contribution in [2.24, 2.45) is 0 Å². The third-order valence-corrected chi connectivity index (χ3v) is 3.96. The van der Waals surface area contributed by atoms with Gasteiger partial charge in [0.2, 0.25) is 0 Å². The van der Waals surface area contributed by atoms with Crippen molar-refractivity contribution in [1.82, 2.24) is 0 Å². The Morgan fingerprint density at radius 2 is 2.00 bits per heavy atom. The van der Waals surface area contributed by atoms with E-state index in [4.69, 9.17) is 16.3 Å². The van der Waals surface area contributed by atoms with Crippen molar-refractivity contribution in [1.29, 1.82) is 5.26 Å². The third kappa shape index (κ3) is 2.37. The molecule has 0 aliphatic heterocycles. The topological polar surface area (TPSA) is 33.0 Å². The molecule has 0 fully saturated rings. The predicted octanol–water partition coefficient (Wildman–Crippen LogP) is 4.67. The van der Waals surface area contributed by atoms with Crippen LogP contribution in [0.2, 0.25) is 5.02 Å². The summed E-state index contributed by atoms with van der Waals surface area (Å²) in [5.74, 6) is 0.498. The second-order valence-electron chi connectivity index (χ2n) is 4.93. The number of nitrogens with zero attached hydrogens (tertiary/aromatic N) is 1. The minimum atomic E-state index is -0.0213. The molecule has 20 heavy (non-hydrogen) atoms. The molecule has 0 heterocycles. The SMILES string of the molecule is N#Cc1cccc(Cl)c1O[C@H]1CCCc2ccccc21. The fourth-order valence-electron chi connectivity index (χ4n) is 2.69. The molecule has 0 bridgehead atoms. The van der Waals surface area contributed by atoms with E-state index in [1.807, 2.05) is 6.07 Å². The summed E-state index contributed by atoms with van der Waals surface area (Å²) in [6, 6.07) is 15.7. The van der Waals surface area contributed by atoms with E-state index in [0.717, 1.165) is 19.3 Å². The second kappa shape index (κ2) is 5.56. The first-order valence-corrected chi connectivity index (χ1v) is 7.10. The van der Waals surface area contributed by atoms with E-state index in [1.165, 1.54) is 11.1 Å². The molecule has 100 valence electrons. The van der Waals surface area contributed by atoms with Gasteiger partial charge < -0.3 is 4.74 Å². The van der Waals surface area contributed by atoms with Gasteiger partial charge in [-0.3, -0.25) is 0 Å². The van der Waals surface area contributed by atoms with Gasteiger partial charge in [0.15, 0.2) is 5.75 Å². The van der Waals surface area contributed by atoms with Crippen LogP contribution < -0.4 is 4.74 Å². The molecule has 0 radical (unpaired) electrons. The molecule has 1 atom stereocenters. The van der Waals surface area contributed by atoms with Crippen molar-refractivity contribution in [3.8, 4) is 11.8 Å². The third-order valence-electron chi connectivity index (χ3n) is 3.66. The van der Waals surface area contributed by atoms with Crippen molar-refractivity contribution in [3.63, 3.8) is 0 Å². The van der Waals surface area contributed by atoms with Gasteiger partial charge in [-0.1, -0.05) is 41.9 Å². The number of nitriles is 1. The van der Waals surface area contributed by atoms with Gasteiger partial charge in [0, 0.05) is 0 Å². The van der Waals surface area contributed by atoms with Gasteiger partial charge in [0.25, 0.3) is 0 Å². The monoisotopic (exact) mass is 283 g/mol. The summed E-state index contributed by atoms with van der Waals surface area (Å²) in [5.41, 5.74) is 3.03. The van der Waals surface area contributed by atoms with Crippen LogP contribution in [0.15, 0.2) is 42.5 Å². The number of para-hydroxylation sites is 1. The number of fused-ring (bicyclic) bond motifs is 1. The first-order valence-electron chi connectivity index (χ1n) is 6.72. The molecular formula is C17H14ClNO. The van der Waals surface area contributed by atoms with E-state index < -0.39 is 0 Å². The molecule has 1 aliphatic rings. The Morgan fingerprint density at radius 3 is 2.85 bits per heavy atom. The molecule has 3 rings (SSSR count). The van der Waals surface area contributed by atoms with Crippen LogP contribution in [0.3, 0.4) is 0 Å². The molecule has 2 nitrogen and oxygen atoms in total. The molecule has 2 aromatic carbocycles. The maximum atomic E-state index is 9.18. The van der Waals surface area contributed by atoms with Crippen LogP contribution in [0, 0.1) is 11.3 Å². The van der Waals surface area contributed by atoms with Gasteiger partial charge in [-0.25, -0.2) is 0 Å². The minimum absolute atomic E-state index is 0.0213. The molecule has 0 N–H and O–H groups in total. The van der Waals surface area contributed by atoms with Gasteiger partial charge in [-0.15, -0.1) is 0 Å². The number of hydrogen-bond donors (Lipinski definition) is 0. The van der Waals surface area contributed by atoms with Crippen molar-refractivity contribution < 1.29 is 4.74 Å². The molecule has 2 aromatic rings. The van der Waals surface area contributed by atoms with Crippen molar-refractivity contribution in [2.45, 2.75) is 25.4 Å². The highest BCUT2D eigenvalue weighted by Gasteiger charge is 2.23. The molecule has 1 aliphatic carbocycles.